The number of nitrogens with two attached hydrogens (primary N) is 1. The van der Waals surface area contributed by atoms with E-state index in [1.165, 1.54) is 6.33 Å². The molecule has 3 N–H and O–H groups in total. The van der Waals surface area contributed by atoms with E-state index in [9.17, 15) is 4.79 Å². The number of imidazole rings is 1. The van der Waals surface area contributed by atoms with E-state index in [-0.39, 0.29) is 58.7 Å². The molecule has 2 fully saturated rings. The monoisotopic (exact) mass is 376 g/mol. The predicted molar refractivity (Wildman–Crippen MR) is 86.4 cm³/mol. The number of nitrogens with zero attached hydrogens (tertiary/aromatic N) is 4. The number of anilines is 1. The number of nitrogens with one attached hydrogen (secondary N) is 1. The minimum absolute atomic E-state index is 0. The molecule has 0 aliphatic carbocycles. The summed E-state index contributed by atoms with van der Waals surface area (Å²) in [5.41, 5.74) is 5.33. The summed E-state index contributed by atoms with van der Waals surface area (Å²) in [6.07, 6.45) is 1.54. The molecule has 4 heterocycles. The molecular formula is C13H18N6NaO4P. The first-order valence-corrected chi connectivity index (χ1v) is 7.98. The molecule has 2 aromatic heterocycles. The van der Waals surface area contributed by atoms with Crippen molar-refractivity contribution in [3.05, 3.63) is 16.7 Å². The fourth-order valence-electron chi connectivity index (χ4n) is 3.74. The first-order chi connectivity index (χ1) is 11.5. The second-order valence-electron chi connectivity index (χ2n) is 5.99. The van der Waals surface area contributed by atoms with E-state index in [0.29, 0.717) is 12.2 Å². The topological polar surface area (TPSA) is 121 Å². The Morgan fingerprint density at radius 3 is 2.96 bits per heavy atom. The van der Waals surface area contributed by atoms with Gasteiger partial charge >= 0.3 is 29.6 Å². The standard InChI is InChI=1S/C13H18N6O4P.Na/c1-3-13-4-19(21-2)7(8(13)23-24)11(22-13)18-5-15-6-9(18)16-12(14)17-10(6)20;/h5,7-8,11,24H,3-4H2,1-2H3,(H3,14,16,17,20);/q-1;+1/t7-,8+,11-,13+;/m1./s1. The minimum Gasteiger partial charge on any atom is -0.555 e. The predicted octanol–water partition coefficient (Wildman–Crippen LogP) is -2.93. The molecule has 2 aliphatic rings. The smallest absolute Gasteiger partial charge is 0.555 e. The van der Waals surface area contributed by atoms with Crippen LogP contribution in [0.3, 0.4) is 0 Å². The van der Waals surface area contributed by atoms with Crippen molar-refractivity contribution < 1.29 is 43.7 Å². The van der Waals surface area contributed by atoms with Gasteiger partial charge in [0.15, 0.2) is 17.4 Å². The zero-order valence-corrected chi connectivity index (χ0v) is 17.2. The van der Waals surface area contributed by atoms with E-state index in [1.807, 2.05) is 12.0 Å². The number of morpholine rings is 1. The van der Waals surface area contributed by atoms with Crippen molar-refractivity contribution >= 4 is 26.6 Å². The van der Waals surface area contributed by atoms with Crippen LogP contribution in [0.25, 0.3) is 11.2 Å². The second-order valence-corrected chi connectivity index (χ2v) is 6.22. The van der Waals surface area contributed by atoms with Gasteiger partial charge in [0.05, 0.1) is 26.1 Å². The number of hydrogen-bond donors (Lipinski definition) is 2. The normalized spacial score (nSPS) is 31.6. The van der Waals surface area contributed by atoms with E-state index in [4.69, 9.17) is 19.8 Å². The van der Waals surface area contributed by atoms with Crippen molar-refractivity contribution in [3.63, 3.8) is 0 Å². The number of hydroxylamine groups is 2. The summed E-state index contributed by atoms with van der Waals surface area (Å²) in [7, 11) is 4.78. The molecule has 0 saturated carbocycles. The number of ether oxygens (including phenoxy) is 1. The van der Waals surface area contributed by atoms with Crippen molar-refractivity contribution in [2.45, 2.75) is 37.3 Å². The van der Waals surface area contributed by atoms with Gasteiger partial charge in [-0.2, -0.15) is 10.0 Å². The number of rotatable bonds is 4. The fraction of sp³-hybridized carbons (Fsp3) is 0.615. The third-order valence-corrected chi connectivity index (χ3v) is 5.17. The maximum atomic E-state index is 12.0. The molecule has 0 radical (unpaired) electrons. The van der Waals surface area contributed by atoms with Crippen molar-refractivity contribution in [2.75, 3.05) is 19.4 Å². The summed E-state index contributed by atoms with van der Waals surface area (Å²) in [4.78, 5) is 28.3. The molecular weight excluding hydrogens is 358 g/mol. The van der Waals surface area contributed by atoms with Gasteiger partial charge in [-0.15, -0.1) is 0 Å². The Labute approximate surface area is 167 Å². The number of hydrogen-bond acceptors (Lipinski definition) is 8. The summed E-state index contributed by atoms with van der Waals surface area (Å²) in [5.74, 6) is 0.0270. The van der Waals surface area contributed by atoms with Crippen LogP contribution < -0.4 is 40.9 Å². The SMILES string of the molecule is CC[C@@]12CN(OC)[C@@H]([C@H](n3cnc4c(=O)[nH]c(N)nc43)O1)[C@@H]2O[PH-].[Na+]. The van der Waals surface area contributed by atoms with Crippen LogP contribution in [0.15, 0.2) is 11.1 Å². The fourth-order valence-corrected chi connectivity index (χ4v) is 4.09. The van der Waals surface area contributed by atoms with Gasteiger partial charge in [-0.25, -0.2) is 4.98 Å². The summed E-state index contributed by atoms with van der Waals surface area (Å²) in [5, 5.41) is 1.82. The molecule has 0 unspecified atom stereocenters. The maximum absolute atomic E-state index is 12.0. The first-order valence-electron chi connectivity index (χ1n) is 7.58. The quantitative estimate of drug-likeness (QED) is 0.430. The van der Waals surface area contributed by atoms with E-state index in [1.54, 1.807) is 11.7 Å². The molecule has 4 atom stereocenters. The van der Waals surface area contributed by atoms with Crippen molar-refractivity contribution in [1.29, 1.82) is 0 Å². The first kappa shape index (κ1) is 19.2. The molecule has 25 heavy (non-hydrogen) atoms. The zero-order chi connectivity index (χ0) is 17.1. The van der Waals surface area contributed by atoms with Crippen LogP contribution in [0, 0.1) is 0 Å². The van der Waals surface area contributed by atoms with E-state index in [0.717, 1.165) is 6.42 Å². The molecule has 2 aliphatic heterocycles. The van der Waals surface area contributed by atoms with Gasteiger partial charge in [-0.1, -0.05) is 6.92 Å². The van der Waals surface area contributed by atoms with Gasteiger partial charge < -0.3 is 29.3 Å². The minimum atomic E-state index is -0.531. The molecule has 2 aromatic rings. The average molecular weight is 376 g/mol. The van der Waals surface area contributed by atoms with Crippen LogP contribution in [0.2, 0.25) is 0 Å². The third kappa shape index (κ3) is 2.67. The van der Waals surface area contributed by atoms with E-state index in [2.05, 4.69) is 24.4 Å². The van der Waals surface area contributed by atoms with Gasteiger partial charge in [-0.3, -0.25) is 14.3 Å². The molecule has 0 amide bonds. The van der Waals surface area contributed by atoms with Crippen LogP contribution >= 0.6 is 9.47 Å². The molecule has 10 nitrogen and oxygen atoms in total. The molecule has 0 spiro atoms. The Morgan fingerprint density at radius 2 is 2.36 bits per heavy atom. The largest absolute Gasteiger partial charge is 1.00 e. The Balaban J connectivity index is 0.00000182. The van der Waals surface area contributed by atoms with Crippen LogP contribution in [-0.2, 0) is 14.1 Å². The third-order valence-electron chi connectivity index (χ3n) is 4.92. The number of aromatic nitrogens is 4. The Morgan fingerprint density at radius 1 is 1.60 bits per heavy atom. The van der Waals surface area contributed by atoms with Crippen molar-refractivity contribution in [1.82, 2.24) is 24.6 Å². The molecule has 2 saturated heterocycles. The van der Waals surface area contributed by atoms with E-state index >= 15 is 0 Å². The van der Waals surface area contributed by atoms with Crippen LogP contribution in [0.5, 0.6) is 0 Å². The Kier molecular flexibility index (Phi) is 5.27. The average Bonchev–Trinajstić information content (AvgIpc) is 3.21. The van der Waals surface area contributed by atoms with Gasteiger partial charge in [0.2, 0.25) is 5.95 Å². The number of nitrogen functional groups attached to an aromatic ring is 1. The number of H-pyrrole nitrogens is 1. The molecule has 0 aromatic carbocycles. The number of fused-ring (bicyclic) bond motifs is 3. The molecule has 4 rings (SSSR count). The number of aromatic amines is 1. The van der Waals surface area contributed by atoms with Gasteiger partial charge in [0.25, 0.3) is 5.56 Å². The van der Waals surface area contributed by atoms with E-state index < -0.39 is 11.8 Å². The zero-order valence-electron chi connectivity index (χ0n) is 14.2. The Bertz CT molecular complexity index is 846. The summed E-state index contributed by atoms with van der Waals surface area (Å²) < 4.78 is 13.5. The Hall–Kier alpha value is -0.580. The van der Waals surface area contributed by atoms with Gasteiger partial charge in [0, 0.05) is 0 Å². The second kappa shape index (κ2) is 6.86. The molecule has 2 bridgehead atoms. The maximum Gasteiger partial charge on any atom is 1.00 e. The van der Waals surface area contributed by atoms with Crippen LogP contribution in [-0.4, -0.2) is 56.0 Å². The van der Waals surface area contributed by atoms with Crippen molar-refractivity contribution in [3.8, 4) is 0 Å². The van der Waals surface area contributed by atoms with Crippen LogP contribution in [0.4, 0.5) is 5.95 Å². The van der Waals surface area contributed by atoms with Gasteiger partial charge in [0.1, 0.15) is 11.6 Å². The summed E-state index contributed by atoms with van der Waals surface area (Å²) in [6.45, 7) is 2.61. The van der Waals surface area contributed by atoms with Crippen LogP contribution in [0.1, 0.15) is 19.6 Å². The summed E-state index contributed by atoms with van der Waals surface area (Å²) >= 11 is 0. The van der Waals surface area contributed by atoms with Gasteiger partial charge in [-0.05, 0) is 6.42 Å². The summed E-state index contributed by atoms with van der Waals surface area (Å²) in [6, 6.07) is -0.229. The van der Waals surface area contributed by atoms with Crippen molar-refractivity contribution in [2.24, 2.45) is 0 Å². The molecule has 130 valence electrons. The molecule has 12 heteroatoms.